The molecule has 2 heterocycles. The summed E-state index contributed by atoms with van der Waals surface area (Å²) in [7, 11) is 0. The summed E-state index contributed by atoms with van der Waals surface area (Å²) in [6, 6.07) is 18.5. The SMILES string of the molecule is CCC[C@@H](Nc1nnc(C(N)=O)c(Nc2cc(-c3ccccc3F)cc3c2ccn3-c2cccc(CO)c2)n1)C(N)=O. The summed E-state index contributed by atoms with van der Waals surface area (Å²) in [5.41, 5.74) is 14.5. The van der Waals surface area contributed by atoms with Gasteiger partial charge in [0.25, 0.3) is 5.91 Å². The third-order valence-electron chi connectivity index (χ3n) is 6.76. The normalized spacial score (nSPS) is 11.8. The number of aliphatic hydroxyl groups excluding tert-OH is 1. The van der Waals surface area contributed by atoms with Crippen molar-refractivity contribution in [1.29, 1.82) is 0 Å². The summed E-state index contributed by atoms with van der Waals surface area (Å²) in [5.74, 6) is -1.91. The molecule has 0 aliphatic carbocycles. The molecule has 0 spiro atoms. The van der Waals surface area contributed by atoms with E-state index in [2.05, 4.69) is 25.8 Å². The Morgan fingerprint density at radius 2 is 1.86 bits per heavy atom. The topological polar surface area (TPSA) is 174 Å². The minimum Gasteiger partial charge on any atom is -0.392 e. The number of halogens is 1. The summed E-state index contributed by atoms with van der Waals surface area (Å²) in [5, 5.41) is 24.2. The lowest BCUT2D eigenvalue weighted by Crippen LogP contribution is -2.36. The Bertz CT molecular complexity index is 1790. The number of nitrogens with one attached hydrogen (secondary N) is 2. The van der Waals surface area contributed by atoms with E-state index in [1.807, 2.05) is 54.1 Å². The van der Waals surface area contributed by atoms with E-state index in [1.165, 1.54) is 6.07 Å². The van der Waals surface area contributed by atoms with Crippen molar-refractivity contribution in [3.05, 3.63) is 90.0 Å². The van der Waals surface area contributed by atoms with E-state index in [4.69, 9.17) is 11.5 Å². The second-order valence-electron chi connectivity index (χ2n) is 9.66. The van der Waals surface area contributed by atoms with Gasteiger partial charge in [-0.3, -0.25) is 9.59 Å². The number of nitrogens with zero attached hydrogens (tertiary/aromatic N) is 4. The van der Waals surface area contributed by atoms with Gasteiger partial charge in [-0.1, -0.05) is 43.7 Å². The number of rotatable bonds is 11. The van der Waals surface area contributed by atoms with Gasteiger partial charge in [-0.2, -0.15) is 4.98 Å². The van der Waals surface area contributed by atoms with Gasteiger partial charge < -0.3 is 31.8 Å². The van der Waals surface area contributed by atoms with Gasteiger partial charge in [0.15, 0.2) is 11.5 Å². The van der Waals surface area contributed by atoms with Crippen molar-refractivity contribution in [2.24, 2.45) is 11.5 Å². The Kier molecular flexibility index (Phi) is 8.07. The van der Waals surface area contributed by atoms with E-state index >= 15 is 0 Å². The van der Waals surface area contributed by atoms with Crippen molar-refractivity contribution >= 4 is 40.2 Å². The molecule has 0 bridgehead atoms. The molecule has 12 heteroatoms. The van der Waals surface area contributed by atoms with Crippen LogP contribution in [0.5, 0.6) is 0 Å². The van der Waals surface area contributed by atoms with E-state index in [0.717, 1.165) is 11.3 Å². The van der Waals surface area contributed by atoms with Crippen LogP contribution >= 0.6 is 0 Å². The first-order chi connectivity index (χ1) is 20.3. The minimum absolute atomic E-state index is 0.0123. The first kappa shape index (κ1) is 28.2. The quantitative estimate of drug-likeness (QED) is 0.159. The molecule has 0 aliphatic rings. The van der Waals surface area contributed by atoms with Gasteiger partial charge in [0, 0.05) is 28.5 Å². The van der Waals surface area contributed by atoms with Crippen molar-refractivity contribution in [3.63, 3.8) is 0 Å². The van der Waals surface area contributed by atoms with Crippen molar-refractivity contribution in [3.8, 4) is 16.8 Å². The summed E-state index contributed by atoms with van der Waals surface area (Å²) >= 11 is 0. The number of aromatic nitrogens is 4. The van der Waals surface area contributed by atoms with Crippen LogP contribution in [0.4, 0.5) is 21.8 Å². The molecule has 0 radical (unpaired) electrons. The van der Waals surface area contributed by atoms with Crippen LogP contribution in [-0.4, -0.2) is 42.7 Å². The molecular formula is C30H29FN8O3. The monoisotopic (exact) mass is 568 g/mol. The molecule has 2 aromatic heterocycles. The highest BCUT2D eigenvalue weighted by molar-refractivity contribution is 6.01. The number of hydrogen-bond acceptors (Lipinski definition) is 8. The molecule has 214 valence electrons. The van der Waals surface area contributed by atoms with Crippen LogP contribution in [0, 0.1) is 5.82 Å². The number of primary amides is 2. The van der Waals surface area contributed by atoms with Crippen LogP contribution < -0.4 is 22.1 Å². The molecule has 0 unspecified atom stereocenters. The number of aliphatic hydroxyl groups is 1. The molecule has 5 rings (SSSR count). The first-order valence-electron chi connectivity index (χ1n) is 13.3. The Hall–Kier alpha value is -5.36. The molecule has 7 N–H and O–H groups in total. The maximum absolute atomic E-state index is 15.0. The number of fused-ring (bicyclic) bond motifs is 1. The first-order valence-corrected chi connectivity index (χ1v) is 13.3. The summed E-state index contributed by atoms with van der Waals surface area (Å²) in [4.78, 5) is 28.6. The molecule has 0 aliphatic heterocycles. The van der Waals surface area contributed by atoms with Crippen LogP contribution in [0.3, 0.4) is 0 Å². The van der Waals surface area contributed by atoms with Gasteiger partial charge in [-0.05, 0) is 53.9 Å². The molecule has 2 amide bonds. The van der Waals surface area contributed by atoms with Crippen LogP contribution in [0.2, 0.25) is 0 Å². The predicted octanol–water partition coefficient (Wildman–Crippen LogP) is 4.02. The second kappa shape index (κ2) is 12.0. The van der Waals surface area contributed by atoms with E-state index in [9.17, 15) is 19.1 Å². The summed E-state index contributed by atoms with van der Waals surface area (Å²) in [6.45, 7) is 1.78. The number of hydrogen-bond donors (Lipinski definition) is 5. The summed E-state index contributed by atoms with van der Waals surface area (Å²) in [6.07, 6.45) is 2.97. The fourth-order valence-electron chi connectivity index (χ4n) is 4.72. The zero-order chi connectivity index (χ0) is 29.8. The number of amides is 2. The Labute approximate surface area is 240 Å². The van der Waals surface area contributed by atoms with E-state index in [-0.39, 0.29) is 24.1 Å². The van der Waals surface area contributed by atoms with Crippen molar-refractivity contribution in [1.82, 2.24) is 19.7 Å². The number of anilines is 3. The largest absolute Gasteiger partial charge is 0.392 e. The van der Waals surface area contributed by atoms with E-state index in [1.54, 1.807) is 24.3 Å². The molecule has 0 saturated carbocycles. The second-order valence-corrected chi connectivity index (χ2v) is 9.66. The van der Waals surface area contributed by atoms with Crippen LogP contribution in [0.15, 0.2) is 72.9 Å². The fraction of sp³-hybridized carbons (Fsp3) is 0.167. The smallest absolute Gasteiger partial charge is 0.273 e. The van der Waals surface area contributed by atoms with Gasteiger partial charge in [-0.25, -0.2) is 4.39 Å². The number of carbonyl (C=O) groups excluding carboxylic acids is 2. The molecule has 1 atom stereocenters. The van der Waals surface area contributed by atoms with Gasteiger partial charge in [0.05, 0.1) is 12.1 Å². The molecule has 42 heavy (non-hydrogen) atoms. The molecular weight excluding hydrogens is 539 g/mol. The zero-order valence-corrected chi connectivity index (χ0v) is 22.7. The molecule has 0 fully saturated rings. The lowest BCUT2D eigenvalue weighted by Gasteiger charge is -2.16. The number of nitrogens with two attached hydrogens (primary N) is 2. The number of carbonyl (C=O) groups is 2. The fourth-order valence-corrected chi connectivity index (χ4v) is 4.72. The lowest BCUT2D eigenvalue weighted by molar-refractivity contribution is -0.118. The maximum atomic E-state index is 15.0. The van der Waals surface area contributed by atoms with Crippen molar-refractivity contribution in [2.75, 3.05) is 10.6 Å². The average Bonchev–Trinajstić information content (AvgIpc) is 3.41. The highest BCUT2D eigenvalue weighted by atomic mass is 19.1. The minimum atomic E-state index is -0.871. The predicted molar refractivity (Wildman–Crippen MR) is 158 cm³/mol. The van der Waals surface area contributed by atoms with Gasteiger partial charge in [0.1, 0.15) is 11.9 Å². The van der Waals surface area contributed by atoms with Crippen LogP contribution in [0.1, 0.15) is 35.8 Å². The number of benzene rings is 3. The van der Waals surface area contributed by atoms with E-state index in [0.29, 0.717) is 40.6 Å². The zero-order valence-electron chi connectivity index (χ0n) is 22.7. The van der Waals surface area contributed by atoms with Gasteiger partial charge in [0.2, 0.25) is 11.9 Å². The lowest BCUT2D eigenvalue weighted by atomic mass is 10.0. The van der Waals surface area contributed by atoms with E-state index < -0.39 is 23.7 Å². The third-order valence-corrected chi connectivity index (χ3v) is 6.76. The highest BCUT2D eigenvalue weighted by Gasteiger charge is 2.21. The maximum Gasteiger partial charge on any atom is 0.273 e. The Balaban J connectivity index is 1.67. The molecule has 3 aromatic carbocycles. The van der Waals surface area contributed by atoms with Crippen molar-refractivity contribution in [2.45, 2.75) is 32.4 Å². The molecule has 11 nitrogen and oxygen atoms in total. The van der Waals surface area contributed by atoms with Gasteiger partial charge >= 0.3 is 0 Å². The Morgan fingerprint density at radius 1 is 1.05 bits per heavy atom. The highest BCUT2D eigenvalue weighted by Crippen LogP contribution is 2.36. The molecule has 5 aromatic rings. The van der Waals surface area contributed by atoms with Gasteiger partial charge in [-0.15, -0.1) is 10.2 Å². The third kappa shape index (κ3) is 5.74. The van der Waals surface area contributed by atoms with Crippen LogP contribution in [0.25, 0.3) is 27.7 Å². The summed E-state index contributed by atoms with van der Waals surface area (Å²) < 4.78 is 16.9. The Morgan fingerprint density at radius 3 is 2.57 bits per heavy atom. The standard InChI is InChI=1S/C30H29FN8O3/c1-2-6-23(27(32)41)35-30-36-29(26(28(33)42)37-38-30)34-24-14-18(20-9-3-4-10-22(20)31)15-25-21(24)11-12-39(25)19-8-5-7-17(13-19)16-40/h3-5,7-15,23,40H,2,6,16H2,1H3,(H2,32,41)(H2,33,42)(H2,34,35,36,38)/t23-/m1/s1. The van der Waals surface area contributed by atoms with Crippen molar-refractivity contribution < 1.29 is 19.1 Å². The average molecular weight is 569 g/mol. The molecule has 0 saturated heterocycles. The van der Waals surface area contributed by atoms with Crippen LogP contribution in [-0.2, 0) is 11.4 Å².